The van der Waals surface area contributed by atoms with Crippen LogP contribution in [0.5, 0.6) is 0 Å². The minimum Gasteiger partial charge on any atom is -0.355 e. The van der Waals surface area contributed by atoms with Crippen LogP contribution in [0.3, 0.4) is 0 Å². The van der Waals surface area contributed by atoms with Gasteiger partial charge in [0.2, 0.25) is 0 Å². The minimum absolute atomic E-state index is 0.0638. The van der Waals surface area contributed by atoms with E-state index < -0.39 is 0 Å². The van der Waals surface area contributed by atoms with E-state index >= 15 is 0 Å². The molecule has 0 amide bonds. The number of rotatable bonds is 4. The van der Waals surface area contributed by atoms with Crippen LogP contribution in [0.1, 0.15) is 89.1 Å². The van der Waals surface area contributed by atoms with Gasteiger partial charge in [-0.2, -0.15) is 0 Å². The summed E-state index contributed by atoms with van der Waals surface area (Å²) < 4.78 is 7.89. The van der Waals surface area contributed by atoms with Crippen LogP contribution in [-0.4, -0.2) is 18.9 Å². The number of fused-ring (bicyclic) bond motifs is 13. The van der Waals surface area contributed by atoms with Gasteiger partial charge in [-0.3, -0.25) is 0 Å². The Kier molecular flexibility index (Phi) is 8.99. The number of nitrogens with zero attached hydrogens (tertiary/aromatic N) is 2. The lowest BCUT2D eigenvalue weighted by Gasteiger charge is -2.41. The van der Waals surface area contributed by atoms with Gasteiger partial charge in [-0.25, -0.2) is 0 Å². The molecule has 14 rings (SSSR count). The minimum atomic E-state index is 0.0638. The van der Waals surface area contributed by atoms with Gasteiger partial charge in [0.25, 0.3) is 0 Å². The quantitative estimate of drug-likeness (QED) is 0.177. The van der Waals surface area contributed by atoms with Crippen molar-refractivity contribution in [3.63, 3.8) is 0 Å². The summed E-state index contributed by atoms with van der Waals surface area (Å²) in [5, 5.41) is 11.9. The van der Waals surface area contributed by atoms with Crippen molar-refractivity contribution in [3.05, 3.63) is 180 Å². The second-order valence-corrected chi connectivity index (χ2v) is 25.1. The van der Waals surface area contributed by atoms with Crippen molar-refractivity contribution in [2.45, 2.75) is 77.6 Å². The Hall–Kier alpha value is -6.86. The number of nitrogens with one attached hydrogen (secondary N) is 1. The van der Waals surface area contributed by atoms with Crippen molar-refractivity contribution < 1.29 is 0 Å². The van der Waals surface area contributed by atoms with Gasteiger partial charge in [-0.1, -0.05) is 139 Å². The summed E-state index contributed by atoms with van der Waals surface area (Å²) in [7, 11) is 4.68. The summed E-state index contributed by atoms with van der Waals surface area (Å²) in [6.45, 7) is 21.3. The van der Waals surface area contributed by atoms with Gasteiger partial charge in [-0.15, -0.1) is 22.7 Å². The maximum Gasteiger partial charge on any atom is 0.197 e. The van der Waals surface area contributed by atoms with Crippen LogP contribution in [0.15, 0.2) is 152 Å². The van der Waals surface area contributed by atoms with Crippen LogP contribution >= 0.6 is 22.7 Å². The smallest absolute Gasteiger partial charge is 0.197 e. The zero-order valence-electron chi connectivity index (χ0n) is 41.8. The molecule has 1 radical (unpaired) electrons. The number of allylic oxidation sites excluding steroid dienone is 2. The fourth-order valence-electron chi connectivity index (χ4n) is 12.3. The third-order valence-corrected chi connectivity index (χ3v) is 18.8. The summed E-state index contributed by atoms with van der Waals surface area (Å²) in [4.78, 5) is 2.35. The number of hydrogen-bond donors (Lipinski definition) is 1. The molecule has 0 saturated carbocycles. The van der Waals surface area contributed by atoms with Crippen LogP contribution < -0.4 is 21.1 Å². The molecule has 0 atom stereocenters. The number of benzene rings is 8. The highest BCUT2D eigenvalue weighted by atomic mass is 32.1. The van der Waals surface area contributed by atoms with Gasteiger partial charge in [-0.05, 0) is 135 Å². The first kappa shape index (κ1) is 43.0. The van der Waals surface area contributed by atoms with Crippen molar-refractivity contribution in [2.75, 3.05) is 17.3 Å². The Labute approximate surface area is 425 Å². The van der Waals surface area contributed by atoms with Crippen molar-refractivity contribution >= 4 is 131 Å². The molecule has 345 valence electrons. The lowest BCUT2D eigenvalue weighted by Crippen LogP contribution is -2.38. The zero-order valence-corrected chi connectivity index (χ0v) is 43.4. The predicted octanol–water partition coefficient (Wildman–Crippen LogP) is 17.0. The molecule has 0 saturated heterocycles. The average Bonchev–Trinajstić information content (AvgIpc) is 4.01. The molecule has 1 N–H and O–H groups in total. The summed E-state index contributed by atoms with van der Waals surface area (Å²) in [5.74, 6) is 0. The molecule has 0 unspecified atom stereocenters. The molecule has 2 aliphatic heterocycles. The molecular weight excluding hydrogens is 898 g/mol. The molecule has 11 aromatic rings. The van der Waals surface area contributed by atoms with Gasteiger partial charge in [0.1, 0.15) is 0 Å². The number of anilines is 3. The van der Waals surface area contributed by atoms with Gasteiger partial charge in [0.15, 0.2) is 7.28 Å². The Bertz CT molecular complexity index is 4170. The molecular formula is C65H55BN3S2. The third kappa shape index (κ3) is 6.39. The first-order chi connectivity index (χ1) is 34.1. The topological polar surface area (TPSA) is 20.2 Å². The summed E-state index contributed by atoms with van der Waals surface area (Å²) in [5.41, 5.74) is 21.0. The average molecular weight is 953 g/mol. The summed E-state index contributed by atoms with van der Waals surface area (Å²) in [6.07, 6.45) is 4.64. The van der Waals surface area contributed by atoms with E-state index in [4.69, 9.17) is 6.58 Å². The van der Waals surface area contributed by atoms with Crippen molar-refractivity contribution in [1.82, 2.24) is 4.57 Å². The number of thiophene rings is 2. The molecule has 5 heterocycles. The van der Waals surface area contributed by atoms with Crippen LogP contribution in [0, 0.1) is 0 Å². The van der Waals surface area contributed by atoms with Crippen LogP contribution in [-0.2, 0) is 16.2 Å². The van der Waals surface area contributed by atoms with E-state index in [1.54, 1.807) is 0 Å². The molecule has 0 bridgehead atoms. The number of hydrogen-bond acceptors (Lipinski definition) is 4. The van der Waals surface area contributed by atoms with E-state index in [1.165, 1.54) is 125 Å². The van der Waals surface area contributed by atoms with Crippen molar-refractivity contribution in [2.24, 2.45) is 0 Å². The van der Waals surface area contributed by atoms with Gasteiger partial charge >= 0.3 is 0 Å². The number of aromatic nitrogens is 1. The van der Waals surface area contributed by atoms with Gasteiger partial charge in [0, 0.05) is 97.6 Å². The lowest BCUT2D eigenvalue weighted by atomic mass is 9.58. The fraction of sp³-hybridized carbons (Fsp3) is 0.200. The van der Waals surface area contributed by atoms with E-state index in [0.717, 1.165) is 33.9 Å². The third-order valence-electron chi connectivity index (χ3n) is 16.5. The zero-order chi connectivity index (χ0) is 48.5. The Morgan fingerprint density at radius 1 is 0.592 bits per heavy atom. The van der Waals surface area contributed by atoms with Gasteiger partial charge < -0.3 is 14.8 Å². The second kappa shape index (κ2) is 14.9. The van der Waals surface area contributed by atoms with Gasteiger partial charge in [0.05, 0.1) is 11.2 Å². The molecule has 1 aliphatic carbocycles. The van der Waals surface area contributed by atoms with E-state index in [0.29, 0.717) is 0 Å². The van der Waals surface area contributed by atoms with E-state index in [2.05, 4.69) is 223 Å². The first-order valence-corrected chi connectivity index (χ1v) is 26.8. The maximum atomic E-state index is 4.69. The normalized spacial score (nSPS) is 15.9. The predicted molar refractivity (Wildman–Crippen MR) is 313 cm³/mol. The first-order valence-electron chi connectivity index (χ1n) is 25.2. The molecule has 3 aromatic heterocycles. The monoisotopic (exact) mass is 952 g/mol. The Morgan fingerprint density at radius 2 is 1.27 bits per heavy atom. The molecule has 8 aromatic carbocycles. The lowest BCUT2D eigenvalue weighted by molar-refractivity contribution is 0.332. The highest BCUT2D eigenvalue weighted by molar-refractivity contribution is 7.26. The van der Waals surface area contributed by atoms with Crippen LogP contribution in [0.2, 0.25) is 0 Å². The van der Waals surface area contributed by atoms with E-state index in [-0.39, 0.29) is 16.2 Å². The Morgan fingerprint density at radius 3 is 2.04 bits per heavy atom. The standard InChI is InChI=1S/C65H55BN3S2/c1-36-27-53(37-15-11-10-12-16-37)68(9)54-34-56-51(31-43(36)54)66-61-41(23-24-42-45-29-46-40-17-13-14-18-57(40)70-60(46)35-55(45)69(56)62(42)61)44-28-47-48-30-49-50(65(7,8)26-25-64(49,5)6)32-58(48)71-59(47)33-52(44)67-39-21-19-38(20-22-39)63(2,3)4/h10-24,27-35,67H,1,25-26H2,2-9H3. The SMILES string of the molecule is C=C1C=C(c2ccccc2)N(C)c2cc3c(cc21)[B]c1c(-c2cc4c(cc2Nc2ccc(C(C)(C)C)cc2)sc2cc5c(cc24)C(C)(C)CCC5(C)C)ccc2c4cc5c(cc4n-3c12)sc1ccccc15. The van der Waals surface area contributed by atoms with E-state index in [9.17, 15) is 0 Å². The molecule has 71 heavy (non-hydrogen) atoms. The molecule has 0 fully saturated rings. The summed E-state index contributed by atoms with van der Waals surface area (Å²) >= 11 is 3.83. The largest absolute Gasteiger partial charge is 0.355 e. The highest BCUT2D eigenvalue weighted by Crippen LogP contribution is 2.51. The van der Waals surface area contributed by atoms with Crippen molar-refractivity contribution in [3.8, 4) is 16.8 Å². The second-order valence-electron chi connectivity index (χ2n) is 22.9. The van der Waals surface area contributed by atoms with Crippen LogP contribution in [0.4, 0.5) is 17.1 Å². The fourth-order valence-corrected chi connectivity index (χ4v) is 14.6. The highest BCUT2D eigenvalue weighted by Gasteiger charge is 2.38. The maximum absolute atomic E-state index is 4.69. The van der Waals surface area contributed by atoms with Crippen LogP contribution in [0.25, 0.3) is 90.2 Å². The molecule has 3 nitrogen and oxygen atoms in total. The Balaban J connectivity index is 1.04. The van der Waals surface area contributed by atoms with E-state index in [1.807, 2.05) is 22.7 Å². The molecule has 0 spiro atoms. The van der Waals surface area contributed by atoms with Crippen molar-refractivity contribution in [1.29, 1.82) is 0 Å². The molecule has 3 aliphatic rings. The summed E-state index contributed by atoms with van der Waals surface area (Å²) in [6, 6.07) is 53.3. The molecule has 6 heteroatoms.